The maximum atomic E-state index is 10.9. The molecule has 0 bridgehead atoms. The average molecular weight is 234 g/mol. The smallest absolute Gasteiger partial charge is 0.413 e. The van der Waals surface area contributed by atoms with Gasteiger partial charge in [0.1, 0.15) is 6.54 Å². The third kappa shape index (κ3) is 5.84. The molecule has 7 heteroatoms. The molecule has 0 fully saturated rings. The van der Waals surface area contributed by atoms with Gasteiger partial charge in [-0.25, -0.2) is 4.79 Å². The summed E-state index contributed by atoms with van der Waals surface area (Å²) in [6.45, 7) is 1.91. The summed E-state index contributed by atoms with van der Waals surface area (Å²) in [6, 6.07) is 0. The van der Waals surface area contributed by atoms with Gasteiger partial charge in [-0.15, -0.1) is 0 Å². The summed E-state index contributed by atoms with van der Waals surface area (Å²) in [7, 11) is 2.84. The van der Waals surface area contributed by atoms with E-state index in [9.17, 15) is 9.59 Å². The number of amides is 1. The lowest BCUT2D eigenvalue weighted by atomic mass is 10.6. The Labute approximate surface area is 93.5 Å². The number of nitrogens with one attached hydrogen (secondary N) is 1. The number of nitrogens with zero attached hydrogens (tertiary/aromatic N) is 1. The van der Waals surface area contributed by atoms with E-state index < -0.39 is 12.1 Å². The van der Waals surface area contributed by atoms with Crippen LogP contribution in [-0.2, 0) is 14.3 Å². The molecule has 0 unspecified atom stereocenters. The molecule has 0 heterocycles. The van der Waals surface area contributed by atoms with Crippen LogP contribution in [-0.4, -0.2) is 49.4 Å². The van der Waals surface area contributed by atoms with Gasteiger partial charge in [0.2, 0.25) is 0 Å². The zero-order chi connectivity index (χ0) is 11.8. The molecule has 0 radical (unpaired) electrons. The van der Waals surface area contributed by atoms with Crippen molar-refractivity contribution in [3.8, 4) is 0 Å². The number of carbonyl (C=O) groups excluding carboxylic acids is 2. The van der Waals surface area contributed by atoms with Gasteiger partial charge < -0.3 is 14.4 Å². The lowest BCUT2D eigenvalue weighted by molar-refractivity contribution is -0.140. The van der Waals surface area contributed by atoms with Crippen molar-refractivity contribution in [2.24, 2.45) is 0 Å². The second-order valence-corrected chi connectivity index (χ2v) is 2.97. The largest absolute Gasteiger partial charge is 0.468 e. The van der Waals surface area contributed by atoms with Crippen LogP contribution in [0.4, 0.5) is 4.79 Å². The number of thiocarbonyl (C=S) groups is 1. The van der Waals surface area contributed by atoms with Crippen LogP contribution in [0.1, 0.15) is 6.92 Å². The van der Waals surface area contributed by atoms with Crippen LogP contribution >= 0.6 is 12.2 Å². The number of likely N-dealkylation sites (N-methyl/N-ethyl adjacent to an activating group) is 1. The number of rotatable bonds is 3. The quantitative estimate of drug-likeness (QED) is 0.552. The Bertz CT molecular complexity index is 257. The van der Waals surface area contributed by atoms with Crippen molar-refractivity contribution in [3.05, 3.63) is 0 Å². The SMILES string of the molecule is CCOC(=O)NC(=S)N(C)CC(=O)OC. The number of carbonyl (C=O) groups is 2. The van der Waals surface area contributed by atoms with Gasteiger partial charge in [0.05, 0.1) is 13.7 Å². The molecular formula is C8H14N2O4S. The molecule has 6 nitrogen and oxygen atoms in total. The van der Waals surface area contributed by atoms with Crippen LogP contribution in [0.5, 0.6) is 0 Å². The lowest BCUT2D eigenvalue weighted by Crippen LogP contribution is -2.43. The van der Waals surface area contributed by atoms with E-state index in [1.54, 1.807) is 14.0 Å². The average Bonchev–Trinajstić information content (AvgIpc) is 2.17. The van der Waals surface area contributed by atoms with Gasteiger partial charge >= 0.3 is 12.1 Å². The minimum atomic E-state index is -0.640. The molecule has 86 valence electrons. The molecule has 0 saturated heterocycles. The Balaban J connectivity index is 3.99. The summed E-state index contributed by atoms with van der Waals surface area (Å²) in [5, 5.41) is 2.41. The van der Waals surface area contributed by atoms with Crippen molar-refractivity contribution in [3.63, 3.8) is 0 Å². The van der Waals surface area contributed by atoms with Crippen LogP contribution < -0.4 is 5.32 Å². The Kier molecular flexibility index (Phi) is 6.35. The van der Waals surface area contributed by atoms with E-state index in [0.717, 1.165) is 0 Å². The molecule has 0 aliphatic rings. The summed E-state index contributed by atoms with van der Waals surface area (Å²) < 4.78 is 9.05. The molecule has 0 saturated carbocycles. The van der Waals surface area contributed by atoms with Crippen LogP contribution in [0.3, 0.4) is 0 Å². The lowest BCUT2D eigenvalue weighted by Gasteiger charge is -2.18. The highest BCUT2D eigenvalue weighted by Gasteiger charge is 2.12. The molecular weight excluding hydrogens is 220 g/mol. The number of hydrogen-bond acceptors (Lipinski definition) is 5. The van der Waals surface area contributed by atoms with Crippen molar-refractivity contribution in [1.29, 1.82) is 0 Å². The normalized spacial score (nSPS) is 9.00. The van der Waals surface area contributed by atoms with Gasteiger partial charge in [0.15, 0.2) is 5.11 Å². The number of esters is 1. The predicted molar refractivity (Wildman–Crippen MR) is 57.4 cm³/mol. The molecule has 0 aromatic carbocycles. The molecule has 0 spiro atoms. The summed E-state index contributed by atoms with van der Waals surface area (Å²) in [4.78, 5) is 23.2. The summed E-state index contributed by atoms with van der Waals surface area (Å²) in [5.41, 5.74) is 0. The Morgan fingerprint density at radius 2 is 2.07 bits per heavy atom. The molecule has 0 atom stereocenters. The zero-order valence-corrected chi connectivity index (χ0v) is 9.72. The van der Waals surface area contributed by atoms with Gasteiger partial charge in [0.25, 0.3) is 0 Å². The van der Waals surface area contributed by atoms with E-state index in [2.05, 4.69) is 14.8 Å². The molecule has 0 aliphatic carbocycles. The number of hydrogen-bond donors (Lipinski definition) is 1. The number of ether oxygens (including phenoxy) is 2. The van der Waals surface area contributed by atoms with E-state index in [1.807, 2.05) is 0 Å². The Morgan fingerprint density at radius 3 is 2.53 bits per heavy atom. The zero-order valence-electron chi connectivity index (χ0n) is 8.90. The second-order valence-electron chi connectivity index (χ2n) is 2.58. The van der Waals surface area contributed by atoms with E-state index in [-0.39, 0.29) is 18.3 Å². The molecule has 0 aromatic heterocycles. The van der Waals surface area contributed by atoms with Crippen molar-refractivity contribution in [2.45, 2.75) is 6.92 Å². The van der Waals surface area contributed by atoms with Crippen molar-refractivity contribution in [1.82, 2.24) is 10.2 Å². The Morgan fingerprint density at radius 1 is 1.47 bits per heavy atom. The molecule has 0 aromatic rings. The highest BCUT2D eigenvalue weighted by atomic mass is 32.1. The first-order chi connectivity index (χ1) is 7.01. The monoisotopic (exact) mass is 234 g/mol. The van der Waals surface area contributed by atoms with Crippen LogP contribution in [0, 0.1) is 0 Å². The highest BCUT2D eigenvalue weighted by molar-refractivity contribution is 7.80. The topological polar surface area (TPSA) is 67.9 Å². The maximum absolute atomic E-state index is 10.9. The standard InChI is InChI=1S/C8H14N2O4S/c1-4-14-8(12)9-7(15)10(2)5-6(11)13-3/h4-5H2,1-3H3,(H,9,12,15). The maximum Gasteiger partial charge on any atom is 0.413 e. The van der Waals surface area contributed by atoms with Crippen LogP contribution in [0.25, 0.3) is 0 Å². The van der Waals surface area contributed by atoms with Crippen molar-refractivity contribution >= 4 is 29.4 Å². The molecule has 15 heavy (non-hydrogen) atoms. The number of alkyl carbamates (subject to hydrolysis) is 1. The minimum absolute atomic E-state index is 0.0261. The van der Waals surface area contributed by atoms with E-state index in [1.165, 1.54) is 12.0 Å². The van der Waals surface area contributed by atoms with Crippen LogP contribution in [0.2, 0.25) is 0 Å². The third-order valence-electron chi connectivity index (χ3n) is 1.43. The van der Waals surface area contributed by atoms with Gasteiger partial charge in [-0.05, 0) is 19.1 Å². The van der Waals surface area contributed by atoms with E-state index in [4.69, 9.17) is 12.2 Å². The Hall–Kier alpha value is -1.37. The number of methoxy groups -OCH3 is 1. The van der Waals surface area contributed by atoms with Crippen molar-refractivity contribution in [2.75, 3.05) is 27.3 Å². The van der Waals surface area contributed by atoms with E-state index in [0.29, 0.717) is 0 Å². The van der Waals surface area contributed by atoms with Gasteiger partial charge in [-0.3, -0.25) is 10.1 Å². The fourth-order valence-electron chi connectivity index (χ4n) is 0.680. The third-order valence-corrected chi connectivity index (χ3v) is 1.84. The van der Waals surface area contributed by atoms with Gasteiger partial charge in [0, 0.05) is 7.05 Å². The van der Waals surface area contributed by atoms with Crippen molar-refractivity contribution < 1.29 is 19.1 Å². The first kappa shape index (κ1) is 13.6. The minimum Gasteiger partial charge on any atom is -0.468 e. The fourth-order valence-corrected chi connectivity index (χ4v) is 0.828. The summed E-state index contributed by atoms with van der Waals surface area (Å²) >= 11 is 4.84. The molecule has 0 aliphatic heterocycles. The predicted octanol–water partition coefficient (Wildman–Crippen LogP) is 0.122. The van der Waals surface area contributed by atoms with Crippen LogP contribution in [0.15, 0.2) is 0 Å². The molecule has 0 rings (SSSR count). The molecule has 1 amide bonds. The first-order valence-corrected chi connectivity index (χ1v) is 4.67. The highest BCUT2D eigenvalue weighted by Crippen LogP contribution is 1.88. The molecule has 1 N–H and O–H groups in total. The summed E-state index contributed by atoms with van der Waals surface area (Å²) in [5.74, 6) is -0.439. The fraction of sp³-hybridized carbons (Fsp3) is 0.625. The second kappa shape index (κ2) is 6.99. The summed E-state index contributed by atoms with van der Waals surface area (Å²) in [6.07, 6.45) is -0.640. The van der Waals surface area contributed by atoms with Gasteiger partial charge in [-0.1, -0.05) is 0 Å². The van der Waals surface area contributed by atoms with E-state index >= 15 is 0 Å². The van der Waals surface area contributed by atoms with Gasteiger partial charge in [-0.2, -0.15) is 0 Å². The first-order valence-electron chi connectivity index (χ1n) is 4.27.